The first-order valence-electron chi connectivity index (χ1n) is 15.9. The van der Waals surface area contributed by atoms with E-state index in [0.717, 1.165) is 6.07 Å². The van der Waals surface area contributed by atoms with Gasteiger partial charge in [-0.1, -0.05) is 18.9 Å². The summed E-state index contributed by atoms with van der Waals surface area (Å²) in [6, 6.07) is 6.02. The van der Waals surface area contributed by atoms with Gasteiger partial charge in [0, 0.05) is 48.7 Å². The Hall–Kier alpha value is -3.73. The van der Waals surface area contributed by atoms with Crippen molar-refractivity contribution in [1.29, 1.82) is 0 Å². The number of fused-ring (bicyclic) bond motifs is 2. The second-order valence-corrected chi connectivity index (χ2v) is 15.5. The SMILES string of the molecule is CC1(CCCCS(=O)(=O)O)/C(=C\C=C\c2oc3cc(F)ccc3[n+]2CCCCS(=O)(=O)O)N(CCCCCC(=O)O)c2c(F)cc(F)cc21. The molecule has 1 aliphatic heterocycles. The first-order valence-corrected chi connectivity index (χ1v) is 19.1. The number of halogens is 3. The minimum Gasteiger partial charge on any atom is -0.481 e. The number of allylic oxidation sites excluding steroid dienone is 3. The van der Waals surface area contributed by atoms with E-state index in [1.807, 2.05) is 0 Å². The topological polar surface area (TPSA) is 166 Å². The number of hydrogen-bond donors (Lipinski definition) is 3. The number of aromatic nitrogens is 1. The van der Waals surface area contributed by atoms with E-state index in [-0.39, 0.29) is 55.9 Å². The summed E-state index contributed by atoms with van der Waals surface area (Å²) in [4.78, 5) is 12.7. The molecule has 3 aromatic rings. The van der Waals surface area contributed by atoms with Crippen LogP contribution < -0.4 is 9.47 Å². The number of anilines is 1. The fourth-order valence-electron chi connectivity index (χ4n) is 6.28. The van der Waals surface area contributed by atoms with Gasteiger partial charge in [-0.25, -0.2) is 13.2 Å². The normalized spacial score (nSPS) is 17.5. The van der Waals surface area contributed by atoms with Crippen molar-refractivity contribution in [3.05, 3.63) is 77.1 Å². The summed E-state index contributed by atoms with van der Waals surface area (Å²) in [5.74, 6) is -3.66. The van der Waals surface area contributed by atoms with Crippen LogP contribution in [-0.4, -0.2) is 55.1 Å². The predicted octanol–water partition coefficient (Wildman–Crippen LogP) is 6.18. The van der Waals surface area contributed by atoms with Crippen LogP contribution in [0, 0.1) is 17.5 Å². The average Bonchev–Trinajstić information content (AvgIpc) is 3.43. The van der Waals surface area contributed by atoms with Crippen molar-refractivity contribution in [2.24, 2.45) is 0 Å². The summed E-state index contributed by atoms with van der Waals surface area (Å²) < 4.78 is 115. The van der Waals surface area contributed by atoms with Crippen LogP contribution in [0.25, 0.3) is 17.2 Å². The molecule has 0 saturated heterocycles. The number of nitrogens with zero attached hydrogens (tertiary/aromatic N) is 2. The van der Waals surface area contributed by atoms with Crippen molar-refractivity contribution in [2.45, 2.75) is 76.7 Å². The van der Waals surface area contributed by atoms with Crippen LogP contribution in [0.4, 0.5) is 18.9 Å². The average molecular weight is 730 g/mol. The minimum absolute atomic E-state index is 0.0235. The first kappa shape index (κ1) is 38.1. The predicted molar refractivity (Wildman–Crippen MR) is 177 cm³/mol. The standard InChI is InChI=1S/C33H39F3N2O9S2/c1-33(15-4-7-18-48(41,42)43)25-20-24(35)21-26(36)32(25)38(17-5-2-3-12-31(39)40)29(33)10-9-11-30-37(16-6-8-19-49(44,45)46)27-14-13-23(34)22-28(27)47-30/h9-11,13-14,20-22H,2-8,12,15-19H2,1H3,(H2-,39,40,41,42,43,44,45,46)/p+1. The number of carboxylic acids is 1. The molecule has 2 heterocycles. The Morgan fingerprint density at radius 3 is 2.29 bits per heavy atom. The highest BCUT2D eigenvalue weighted by Gasteiger charge is 2.45. The van der Waals surface area contributed by atoms with E-state index >= 15 is 4.39 Å². The van der Waals surface area contributed by atoms with Crippen LogP contribution in [-0.2, 0) is 37.0 Å². The summed E-state index contributed by atoms with van der Waals surface area (Å²) in [5, 5.41) is 9.02. The Kier molecular flexibility index (Phi) is 12.3. The second kappa shape index (κ2) is 15.9. The van der Waals surface area contributed by atoms with Gasteiger partial charge in [0.1, 0.15) is 17.5 Å². The highest BCUT2D eigenvalue weighted by molar-refractivity contribution is 7.86. The van der Waals surface area contributed by atoms with Crippen molar-refractivity contribution >= 4 is 49.1 Å². The molecule has 11 nitrogen and oxygen atoms in total. The Bertz CT molecular complexity index is 1960. The largest absolute Gasteiger partial charge is 0.481 e. The van der Waals surface area contributed by atoms with Crippen LogP contribution in [0.1, 0.15) is 76.2 Å². The minimum atomic E-state index is -4.22. The maximum Gasteiger partial charge on any atom is 0.374 e. The second-order valence-electron chi connectivity index (χ2n) is 12.3. The van der Waals surface area contributed by atoms with Crippen LogP contribution >= 0.6 is 0 Å². The molecule has 0 fully saturated rings. The number of oxazole rings is 1. The van der Waals surface area contributed by atoms with E-state index in [1.54, 1.807) is 34.6 Å². The van der Waals surface area contributed by atoms with Gasteiger partial charge in [-0.15, -0.1) is 0 Å². The van der Waals surface area contributed by atoms with E-state index in [4.69, 9.17) is 14.1 Å². The lowest BCUT2D eigenvalue weighted by Crippen LogP contribution is -2.35. The molecule has 0 radical (unpaired) electrons. The Morgan fingerprint density at radius 1 is 0.918 bits per heavy atom. The van der Waals surface area contributed by atoms with Crippen LogP contribution in [0.15, 0.2) is 52.6 Å². The quantitative estimate of drug-likeness (QED) is 0.0782. The maximum absolute atomic E-state index is 15.5. The summed E-state index contributed by atoms with van der Waals surface area (Å²) >= 11 is 0. The van der Waals surface area contributed by atoms with Gasteiger partial charge in [0.15, 0.2) is 6.54 Å². The van der Waals surface area contributed by atoms with Crippen LogP contribution in [0.5, 0.6) is 0 Å². The van der Waals surface area contributed by atoms with E-state index in [9.17, 15) is 35.0 Å². The van der Waals surface area contributed by atoms with Crippen LogP contribution in [0.3, 0.4) is 0 Å². The molecule has 0 spiro atoms. The molecule has 268 valence electrons. The number of benzene rings is 2. The molecule has 0 bridgehead atoms. The Balaban J connectivity index is 1.73. The molecule has 1 unspecified atom stereocenters. The number of hydrogen-bond acceptors (Lipinski definition) is 7. The molecule has 4 rings (SSSR count). The zero-order chi connectivity index (χ0) is 36.0. The van der Waals surface area contributed by atoms with E-state index in [0.29, 0.717) is 48.9 Å². The number of carbonyl (C=O) groups is 1. The van der Waals surface area contributed by atoms with Gasteiger partial charge in [-0.05, 0) is 62.8 Å². The Morgan fingerprint density at radius 2 is 1.61 bits per heavy atom. The van der Waals surface area contributed by atoms with Crippen molar-refractivity contribution in [3.63, 3.8) is 0 Å². The number of rotatable bonds is 18. The number of unbranched alkanes of at least 4 members (excludes halogenated alkanes) is 4. The molecule has 0 amide bonds. The lowest BCUT2D eigenvalue weighted by molar-refractivity contribution is -0.678. The summed E-state index contributed by atoms with van der Waals surface area (Å²) in [7, 11) is -8.37. The first-order chi connectivity index (χ1) is 23.0. The smallest absolute Gasteiger partial charge is 0.374 e. The van der Waals surface area contributed by atoms with E-state index in [1.165, 1.54) is 24.3 Å². The zero-order valence-electron chi connectivity index (χ0n) is 26.9. The molecule has 3 N–H and O–H groups in total. The summed E-state index contributed by atoms with van der Waals surface area (Å²) in [5.41, 5.74) is 0.846. The third-order valence-electron chi connectivity index (χ3n) is 8.57. The zero-order valence-corrected chi connectivity index (χ0v) is 28.6. The molecular formula is C33H40F3N2O9S2+. The molecule has 2 aromatic carbocycles. The molecule has 0 saturated carbocycles. The Labute approximate surface area is 283 Å². The molecule has 1 aliphatic rings. The summed E-state index contributed by atoms with van der Waals surface area (Å²) in [6.45, 7) is 2.34. The lowest BCUT2D eigenvalue weighted by Gasteiger charge is -2.30. The van der Waals surface area contributed by atoms with E-state index in [2.05, 4.69) is 0 Å². The highest BCUT2D eigenvalue weighted by atomic mass is 32.2. The lowest BCUT2D eigenvalue weighted by atomic mass is 9.77. The summed E-state index contributed by atoms with van der Waals surface area (Å²) in [6.07, 6.45) is 7.50. The fourth-order valence-corrected chi connectivity index (χ4v) is 7.42. The third-order valence-corrected chi connectivity index (χ3v) is 10.2. The molecule has 0 aliphatic carbocycles. The van der Waals surface area contributed by atoms with Crippen LogP contribution in [0.2, 0.25) is 0 Å². The molecule has 49 heavy (non-hydrogen) atoms. The van der Waals surface area contributed by atoms with Crippen molar-refractivity contribution in [3.8, 4) is 0 Å². The molecular weight excluding hydrogens is 689 g/mol. The van der Waals surface area contributed by atoms with Crippen molar-refractivity contribution in [1.82, 2.24) is 0 Å². The fraction of sp³-hybridized carbons (Fsp3) is 0.455. The molecule has 1 aromatic heterocycles. The highest BCUT2D eigenvalue weighted by Crippen LogP contribution is 2.52. The maximum atomic E-state index is 15.5. The van der Waals surface area contributed by atoms with Gasteiger partial charge in [0.25, 0.3) is 25.8 Å². The van der Waals surface area contributed by atoms with E-state index < -0.39 is 60.6 Å². The molecule has 16 heteroatoms. The van der Waals surface area contributed by atoms with Gasteiger partial charge in [0.05, 0.1) is 23.3 Å². The number of aliphatic carboxylic acids is 1. The van der Waals surface area contributed by atoms with Gasteiger partial charge < -0.3 is 14.4 Å². The van der Waals surface area contributed by atoms with Gasteiger partial charge >= 0.3 is 11.9 Å². The number of carboxylic acid groups (broad SMARTS) is 1. The van der Waals surface area contributed by atoms with Gasteiger partial charge in [0.2, 0.25) is 5.58 Å². The monoisotopic (exact) mass is 729 g/mol. The van der Waals surface area contributed by atoms with Gasteiger partial charge in [-0.3, -0.25) is 13.9 Å². The number of aryl methyl sites for hydroxylation is 1. The third kappa shape index (κ3) is 10.2. The molecule has 1 atom stereocenters. The van der Waals surface area contributed by atoms with Crippen molar-refractivity contribution < 1.29 is 58.0 Å². The van der Waals surface area contributed by atoms with Gasteiger partial charge in [-0.2, -0.15) is 21.4 Å². The van der Waals surface area contributed by atoms with Crippen molar-refractivity contribution in [2.75, 3.05) is 23.0 Å².